The lowest BCUT2D eigenvalue weighted by Gasteiger charge is -2.19. The van der Waals surface area contributed by atoms with E-state index in [4.69, 9.17) is 14.2 Å². The van der Waals surface area contributed by atoms with Crippen molar-refractivity contribution in [3.63, 3.8) is 0 Å². The van der Waals surface area contributed by atoms with E-state index in [0.717, 1.165) is 12.8 Å². The summed E-state index contributed by atoms with van der Waals surface area (Å²) in [5.41, 5.74) is 0. The Morgan fingerprint density at radius 1 is 1.21 bits per heavy atom. The molecule has 1 fully saturated rings. The lowest BCUT2D eigenvalue weighted by atomic mass is 10.3. The second-order valence-corrected chi connectivity index (χ2v) is 8.49. The summed E-state index contributed by atoms with van der Waals surface area (Å²) in [6.45, 7) is 2.37. The number of carbonyl (C=O) groups is 2. The average Bonchev–Trinajstić information content (AvgIpc) is 3.48. The van der Waals surface area contributed by atoms with E-state index in [1.807, 2.05) is 0 Å². The Morgan fingerprint density at radius 3 is 2.64 bits per heavy atom. The van der Waals surface area contributed by atoms with Gasteiger partial charge in [-0.1, -0.05) is 0 Å². The van der Waals surface area contributed by atoms with Gasteiger partial charge in [-0.25, -0.2) is 13.1 Å². The van der Waals surface area contributed by atoms with Gasteiger partial charge in [0.1, 0.15) is 13.2 Å². The van der Waals surface area contributed by atoms with Crippen LogP contribution in [0.15, 0.2) is 23.1 Å². The number of ether oxygens (including phenoxy) is 3. The lowest BCUT2D eigenvalue weighted by Crippen LogP contribution is -2.37. The third-order valence-corrected chi connectivity index (χ3v) is 5.73. The monoisotopic (exact) mass is 412 g/mol. The quantitative estimate of drug-likeness (QED) is 0.453. The van der Waals surface area contributed by atoms with Crippen LogP contribution in [0.5, 0.6) is 11.5 Å². The molecule has 2 N–H and O–H groups in total. The molecular weight excluding hydrogens is 388 g/mol. The number of fused-ring (bicyclic) bond motifs is 1. The van der Waals surface area contributed by atoms with E-state index >= 15 is 0 Å². The maximum absolute atomic E-state index is 12.4. The normalized spacial score (nSPS) is 16.9. The van der Waals surface area contributed by atoms with E-state index in [1.54, 1.807) is 6.07 Å². The number of carbonyl (C=O) groups excluding carboxylic acids is 2. The highest BCUT2D eigenvalue weighted by Gasteiger charge is 2.27. The molecule has 1 unspecified atom stereocenters. The van der Waals surface area contributed by atoms with Crippen molar-refractivity contribution in [2.45, 2.75) is 49.6 Å². The Labute approximate surface area is 163 Å². The van der Waals surface area contributed by atoms with Gasteiger partial charge in [0.2, 0.25) is 10.0 Å². The molecule has 0 radical (unpaired) electrons. The fourth-order valence-corrected chi connectivity index (χ4v) is 3.66. The number of esters is 1. The number of benzene rings is 1. The van der Waals surface area contributed by atoms with Crippen molar-refractivity contribution in [2.75, 3.05) is 19.8 Å². The Balaban J connectivity index is 1.41. The van der Waals surface area contributed by atoms with E-state index in [1.165, 1.54) is 19.1 Å². The minimum Gasteiger partial charge on any atom is -0.486 e. The van der Waals surface area contributed by atoms with Crippen LogP contribution in [-0.4, -0.2) is 52.2 Å². The summed E-state index contributed by atoms with van der Waals surface area (Å²) in [4.78, 5) is 23.6. The maximum atomic E-state index is 12.4. The van der Waals surface area contributed by atoms with Gasteiger partial charge in [-0.2, -0.15) is 0 Å². The van der Waals surface area contributed by atoms with E-state index in [0.29, 0.717) is 24.7 Å². The van der Waals surface area contributed by atoms with Crippen LogP contribution in [-0.2, 0) is 24.3 Å². The number of sulfonamides is 1. The molecule has 1 aliphatic heterocycles. The zero-order valence-corrected chi connectivity index (χ0v) is 16.4. The van der Waals surface area contributed by atoms with Gasteiger partial charge in [0.05, 0.1) is 4.90 Å². The fraction of sp³-hybridized carbons (Fsp3) is 0.556. The molecule has 1 heterocycles. The molecule has 0 saturated heterocycles. The number of rotatable bonds is 9. The summed E-state index contributed by atoms with van der Waals surface area (Å²) in [7, 11) is -3.74. The number of amides is 1. The largest absolute Gasteiger partial charge is 0.486 e. The van der Waals surface area contributed by atoms with Crippen LogP contribution < -0.4 is 19.5 Å². The molecule has 154 valence electrons. The van der Waals surface area contributed by atoms with E-state index in [9.17, 15) is 18.0 Å². The van der Waals surface area contributed by atoms with Gasteiger partial charge in [0.25, 0.3) is 5.91 Å². The highest BCUT2D eigenvalue weighted by atomic mass is 32.2. The van der Waals surface area contributed by atoms with Gasteiger partial charge in [0.15, 0.2) is 17.6 Å². The van der Waals surface area contributed by atoms with Gasteiger partial charge in [-0.05, 0) is 38.3 Å². The predicted molar refractivity (Wildman–Crippen MR) is 98.6 cm³/mol. The molecule has 0 bridgehead atoms. The third kappa shape index (κ3) is 5.59. The first-order valence-electron chi connectivity index (χ1n) is 9.24. The summed E-state index contributed by atoms with van der Waals surface area (Å²) in [6.07, 6.45) is 1.30. The second kappa shape index (κ2) is 8.78. The van der Waals surface area contributed by atoms with E-state index < -0.39 is 22.1 Å². The minimum absolute atomic E-state index is 0.00467. The molecule has 1 atom stereocenters. The molecule has 0 spiro atoms. The maximum Gasteiger partial charge on any atom is 0.306 e. The minimum atomic E-state index is -3.74. The Kier molecular flexibility index (Phi) is 6.40. The van der Waals surface area contributed by atoms with Crippen LogP contribution in [0.25, 0.3) is 0 Å². The van der Waals surface area contributed by atoms with Crippen molar-refractivity contribution in [1.82, 2.24) is 10.0 Å². The van der Waals surface area contributed by atoms with Crippen molar-refractivity contribution in [2.24, 2.45) is 0 Å². The molecule has 1 saturated carbocycles. The van der Waals surface area contributed by atoms with Crippen molar-refractivity contribution in [3.05, 3.63) is 18.2 Å². The third-order valence-electron chi connectivity index (χ3n) is 4.27. The molecule has 1 aromatic rings. The van der Waals surface area contributed by atoms with Crippen LogP contribution in [0, 0.1) is 0 Å². The highest BCUT2D eigenvalue weighted by Crippen LogP contribution is 2.32. The van der Waals surface area contributed by atoms with Crippen LogP contribution in [0.2, 0.25) is 0 Å². The van der Waals surface area contributed by atoms with Crippen molar-refractivity contribution < 1.29 is 32.2 Å². The van der Waals surface area contributed by atoms with Crippen LogP contribution in [0.4, 0.5) is 0 Å². The molecule has 10 heteroatoms. The zero-order valence-electron chi connectivity index (χ0n) is 15.6. The van der Waals surface area contributed by atoms with Crippen molar-refractivity contribution in [3.8, 4) is 11.5 Å². The van der Waals surface area contributed by atoms with Crippen LogP contribution in [0.3, 0.4) is 0 Å². The zero-order chi connectivity index (χ0) is 20.1. The number of hydrogen-bond donors (Lipinski definition) is 2. The molecule has 1 amide bonds. The van der Waals surface area contributed by atoms with Crippen LogP contribution >= 0.6 is 0 Å². The van der Waals surface area contributed by atoms with E-state index in [-0.39, 0.29) is 36.2 Å². The first-order chi connectivity index (χ1) is 13.3. The smallest absolute Gasteiger partial charge is 0.306 e. The fourth-order valence-electron chi connectivity index (χ4n) is 2.57. The standard InChI is InChI=1S/C18H24N2O7S/c1-12(18(22)20-13-4-5-13)27-17(21)3-2-8-19-28(23,24)14-6-7-15-16(11-14)26-10-9-25-15/h6-7,11-13,19H,2-5,8-10H2,1H3,(H,20,22). The lowest BCUT2D eigenvalue weighted by molar-refractivity contribution is -0.154. The van der Waals surface area contributed by atoms with E-state index in [2.05, 4.69) is 10.0 Å². The summed E-state index contributed by atoms with van der Waals surface area (Å²) in [5, 5.41) is 2.76. The van der Waals surface area contributed by atoms with Crippen LogP contribution in [0.1, 0.15) is 32.6 Å². The molecule has 1 aliphatic carbocycles. The molecule has 9 nitrogen and oxygen atoms in total. The summed E-state index contributed by atoms with van der Waals surface area (Å²) in [5.74, 6) is 0.0380. The van der Waals surface area contributed by atoms with Gasteiger partial charge in [0, 0.05) is 25.1 Å². The molecule has 1 aromatic carbocycles. The number of hydrogen-bond acceptors (Lipinski definition) is 7. The Morgan fingerprint density at radius 2 is 1.93 bits per heavy atom. The first-order valence-corrected chi connectivity index (χ1v) is 10.7. The topological polar surface area (TPSA) is 120 Å². The van der Waals surface area contributed by atoms with Gasteiger partial charge in [-0.15, -0.1) is 0 Å². The highest BCUT2D eigenvalue weighted by molar-refractivity contribution is 7.89. The molecular formula is C18H24N2O7S. The molecule has 2 aliphatic rings. The van der Waals surface area contributed by atoms with Gasteiger partial charge < -0.3 is 19.5 Å². The molecule has 0 aromatic heterocycles. The first kappa shape index (κ1) is 20.4. The summed E-state index contributed by atoms with van der Waals surface area (Å²) >= 11 is 0. The number of nitrogens with one attached hydrogen (secondary N) is 2. The van der Waals surface area contributed by atoms with Gasteiger partial charge in [-0.3, -0.25) is 9.59 Å². The average molecular weight is 412 g/mol. The second-order valence-electron chi connectivity index (χ2n) is 6.72. The predicted octanol–water partition coefficient (Wildman–Crippen LogP) is 0.727. The Bertz CT molecular complexity index is 836. The van der Waals surface area contributed by atoms with Crippen molar-refractivity contribution in [1.29, 1.82) is 0 Å². The summed E-state index contributed by atoms with van der Waals surface area (Å²) in [6, 6.07) is 4.59. The Hall–Kier alpha value is -2.33. The van der Waals surface area contributed by atoms with Crippen molar-refractivity contribution >= 4 is 21.9 Å². The summed E-state index contributed by atoms with van der Waals surface area (Å²) < 4.78 is 43.0. The molecule has 28 heavy (non-hydrogen) atoms. The SMILES string of the molecule is CC(OC(=O)CCCNS(=O)(=O)c1ccc2c(c1)OCCO2)C(=O)NC1CC1. The molecule has 3 rings (SSSR count). The van der Waals surface area contributed by atoms with Gasteiger partial charge >= 0.3 is 5.97 Å².